The maximum atomic E-state index is 12.5. The Morgan fingerprint density at radius 1 is 1.05 bits per heavy atom. The van der Waals surface area contributed by atoms with Crippen LogP contribution in [0.3, 0.4) is 0 Å². The van der Waals surface area contributed by atoms with E-state index in [4.69, 9.17) is 0 Å². The lowest BCUT2D eigenvalue weighted by molar-refractivity contribution is 0.0682. The summed E-state index contributed by atoms with van der Waals surface area (Å²) in [5.41, 5.74) is 1.87. The van der Waals surface area contributed by atoms with Crippen LogP contribution in [0.4, 0.5) is 5.69 Å². The molecule has 0 saturated heterocycles. The monoisotopic (exact) mass is 262 g/mol. The molecular weight excluding hydrogens is 236 g/mol. The molecule has 3 nitrogen and oxygen atoms in total. The first kappa shape index (κ1) is 15.5. The summed E-state index contributed by atoms with van der Waals surface area (Å²) >= 11 is 0. The Hall–Kier alpha value is -1.51. The molecular formula is C16H26N2O. The van der Waals surface area contributed by atoms with Crippen molar-refractivity contribution in [2.24, 2.45) is 5.92 Å². The second-order valence-electron chi connectivity index (χ2n) is 5.89. The van der Waals surface area contributed by atoms with Gasteiger partial charge in [-0.3, -0.25) is 4.79 Å². The number of rotatable bonds is 5. The second kappa shape index (κ2) is 6.60. The molecule has 3 heteroatoms. The van der Waals surface area contributed by atoms with Gasteiger partial charge < -0.3 is 9.80 Å². The van der Waals surface area contributed by atoms with E-state index in [1.807, 2.05) is 48.2 Å². The van der Waals surface area contributed by atoms with Crippen molar-refractivity contribution in [1.82, 2.24) is 4.90 Å². The summed E-state index contributed by atoms with van der Waals surface area (Å²) in [5.74, 6) is 0.599. The maximum absolute atomic E-state index is 12.5. The van der Waals surface area contributed by atoms with Crippen LogP contribution in [0.5, 0.6) is 0 Å². The number of benzene rings is 1. The first-order valence-electron chi connectivity index (χ1n) is 6.91. The smallest absolute Gasteiger partial charge is 0.254 e. The number of anilines is 1. The van der Waals surface area contributed by atoms with Crippen LogP contribution in [-0.4, -0.2) is 37.5 Å². The van der Waals surface area contributed by atoms with Crippen LogP contribution in [0.25, 0.3) is 0 Å². The lowest BCUT2D eigenvalue weighted by Crippen LogP contribution is -2.39. The summed E-state index contributed by atoms with van der Waals surface area (Å²) in [6.07, 6.45) is 0. The van der Waals surface area contributed by atoms with E-state index < -0.39 is 0 Å². The molecule has 0 aliphatic carbocycles. The predicted molar refractivity (Wildman–Crippen MR) is 81.8 cm³/mol. The highest BCUT2D eigenvalue weighted by atomic mass is 16.2. The molecule has 1 rings (SSSR count). The van der Waals surface area contributed by atoms with Crippen molar-refractivity contribution in [3.63, 3.8) is 0 Å². The van der Waals surface area contributed by atoms with E-state index in [1.165, 1.54) is 0 Å². The molecule has 0 atom stereocenters. The Labute approximate surface area is 117 Å². The zero-order valence-electron chi connectivity index (χ0n) is 13.0. The number of hydrogen-bond acceptors (Lipinski definition) is 2. The quantitative estimate of drug-likeness (QED) is 0.813. The Morgan fingerprint density at radius 3 is 1.95 bits per heavy atom. The molecule has 0 fully saturated rings. The van der Waals surface area contributed by atoms with Gasteiger partial charge in [-0.25, -0.2) is 0 Å². The van der Waals surface area contributed by atoms with Gasteiger partial charge in [0.1, 0.15) is 0 Å². The van der Waals surface area contributed by atoms with E-state index in [0.717, 1.165) is 17.8 Å². The number of carbonyl (C=O) groups excluding carboxylic acids is 1. The Morgan fingerprint density at radius 2 is 1.58 bits per heavy atom. The minimum atomic E-state index is 0.119. The van der Waals surface area contributed by atoms with Crippen LogP contribution in [0, 0.1) is 5.92 Å². The van der Waals surface area contributed by atoms with Crippen LogP contribution in [0.2, 0.25) is 0 Å². The number of nitrogens with zero attached hydrogens (tertiary/aromatic N) is 2. The van der Waals surface area contributed by atoms with Crippen LogP contribution in [0.1, 0.15) is 38.1 Å². The Balaban J connectivity index is 2.90. The van der Waals surface area contributed by atoms with E-state index in [9.17, 15) is 4.79 Å². The molecule has 0 spiro atoms. The molecule has 0 radical (unpaired) electrons. The van der Waals surface area contributed by atoms with Crippen molar-refractivity contribution in [2.45, 2.75) is 33.7 Å². The van der Waals surface area contributed by atoms with Crippen LogP contribution >= 0.6 is 0 Å². The van der Waals surface area contributed by atoms with Gasteiger partial charge in [0.15, 0.2) is 0 Å². The molecule has 0 N–H and O–H groups in total. The van der Waals surface area contributed by atoms with E-state index in [0.29, 0.717) is 5.92 Å². The van der Waals surface area contributed by atoms with Gasteiger partial charge in [-0.15, -0.1) is 0 Å². The Kier molecular flexibility index (Phi) is 5.40. The molecule has 0 aromatic heterocycles. The summed E-state index contributed by atoms with van der Waals surface area (Å²) in [6.45, 7) is 9.20. The van der Waals surface area contributed by atoms with E-state index in [-0.39, 0.29) is 11.9 Å². The average Bonchev–Trinajstić information content (AvgIpc) is 2.34. The van der Waals surface area contributed by atoms with Gasteiger partial charge in [0.25, 0.3) is 5.91 Å². The van der Waals surface area contributed by atoms with Gasteiger partial charge in [-0.2, -0.15) is 0 Å². The second-order valence-corrected chi connectivity index (χ2v) is 5.89. The summed E-state index contributed by atoms with van der Waals surface area (Å²) < 4.78 is 0. The van der Waals surface area contributed by atoms with Crippen molar-refractivity contribution in [2.75, 3.05) is 25.5 Å². The largest absolute Gasteiger partial charge is 0.378 e. The fraction of sp³-hybridized carbons (Fsp3) is 0.562. The molecule has 0 unspecified atom stereocenters. The van der Waals surface area contributed by atoms with Crippen molar-refractivity contribution >= 4 is 11.6 Å². The standard InChI is InChI=1S/C16H26N2O/c1-12(2)11-18(13(3)4)16(19)14-7-9-15(10-8-14)17(5)6/h7-10,12-13H,11H2,1-6H3. The summed E-state index contributed by atoms with van der Waals surface area (Å²) in [7, 11) is 3.99. The van der Waals surface area contributed by atoms with E-state index >= 15 is 0 Å². The molecule has 0 aliphatic heterocycles. The predicted octanol–water partition coefficient (Wildman–Crippen LogP) is 3.26. The highest BCUT2D eigenvalue weighted by Crippen LogP contribution is 2.16. The van der Waals surface area contributed by atoms with Gasteiger partial charge in [0, 0.05) is 37.9 Å². The molecule has 0 bridgehead atoms. The minimum absolute atomic E-state index is 0.119. The van der Waals surface area contributed by atoms with E-state index in [1.54, 1.807) is 0 Å². The van der Waals surface area contributed by atoms with Gasteiger partial charge in [-0.05, 0) is 44.0 Å². The van der Waals surface area contributed by atoms with Crippen molar-refractivity contribution in [1.29, 1.82) is 0 Å². The summed E-state index contributed by atoms with van der Waals surface area (Å²) in [6, 6.07) is 8.02. The fourth-order valence-corrected chi connectivity index (χ4v) is 1.99. The minimum Gasteiger partial charge on any atom is -0.378 e. The number of amides is 1. The maximum Gasteiger partial charge on any atom is 0.254 e. The lowest BCUT2D eigenvalue weighted by atomic mass is 10.1. The third-order valence-electron chi connectivity index (χ3n) is 3.08. The topological polar surface area (TPSA) is 23.6 Å². The SMILES string of the molecule is CC(C)CN(C(=O)c1ccc(N(C)C)cc1)C(C)C. The summed E-state index contributed by atoms with van der Waals surface area (Å²) in [5, 5.41) is 0. The fourth-order valence-electron chi connectivity index (χ4n) is 1.99. The lowest BCUT2D eigenvalue weighted by Gasteiger charge is -2.28. The van der Waals surface area contributed by atoms with Crippen molar-refractivity contribution in [3.8, 4) is 0 Å². The molecule has 19 heavy (non-hydrogen) atoms. The molecule has 0 heterocycles. The molecule has 106 valence electrons. The van der Waals surface area contributed by atoms with Gasteiger partial charge >= 0.3 is 0 Å². The van der Waals surface area contributed by atoms with Crippen molar-refractivity contribution in [3.05, 3.63) is 29.8 Å². The Bertz CT molecular complexity index is 407. The molecule has 0 aliphatic rings. The van der Waals surface area contributed by atoms with Gasteiger partial charge in [0.05, 0.1) is 0 Å². The first-order chi connectivity index (χ1) is 8.82. The molecule has 1 aromatic carbocycles. The summed E-state index contributed by atoms with van der Waals surface area (Å²) in [4.78, 5) is 16.5. The van der Waals surface area contributed by atoms with Gasteiger partial charge in [0.2, 0.25) is 0 Å². The molecule has 1 aromatic rings. The van der Waals surface area contributed by atoms with E-state index in [2.05, 4.69) is 27.7 Å². The number of hydrogen-bond donors (Lipinski definition) is 0. The zero-order valence-corrected chi connectivity index (χ0v) is 13.0. The zero-order chi connectivity index (χ0) is 14.6. The third-order valence-corrected chi connectivity index (χ3v) is 3.08. The highest BCUT2D eigenvalue weighted by Gasteiger charge is 2.19. The van der Waals surface area contributed by atoms with Crippen molar-refractivity contribution < 1.29 is 4.79 Å². The first-order valence-corrected chi connectivity index (χ1v) is 6.91. The highest BCUT2D eigenvalue weighted by molar-refractivity contribution is 5.94. The van der Waals surface area contributed by atoms with Crippen LogP contribution in [0.15, 0.2) is 24.3 Å². The van der Waals surface area contributed by atoms with Crippen LogP contribution in [-0.2, 0) is 0 Å². The molecule has 0 saturated carbocycles. The molecule has 1 amide bonds. The number of carbonyl (C=O) groups is 1. The van der Waals surface area contributed by atoms with Crippen LogP contribution < -0.4 is 4.90 Å². The normalized spacial score (nSPS) is 10.9. The average molecular weight is 262 g/mol. The third kappa shape index (κ3) is 4.27. The van der Waals surface area contributed by atoms with Gasteiger partial charge in [-0.1, -0.05) is 13.8 Å².